The number of ether oxygens (including phenoxy) is 1. The fourth-order valence-electron chi connectivity index (χ4n) is 1.88. The molecule has 0 N–H and O–H groups in total. The summed E-state index contributed by atoms with van der Waals surface area (Å²) in [6, 6.07) is 11.3. The number of ketones is 1. The number of hydrogen-bond donors (Lipinski definition) is 0. The summed E-state index contributed by atoms with van der Waals surface area (Å²) in [5.74, 6) is 0.733. The number of Topliss-reactive ketones (excluding diaryl/α,β-unsaturated/α-hetero) is 1. The van der Waals surface area contributed by atoms with Crippen LogP contribution >= 0.6 is 0 Å². The fourth-order valence-corrected chi connectivity index (χ4v) is 1.88. The predicted octanol–water partition coefficient (Wildman–Crippen LogP) is 2.90. The van der Waals surface area contributed by atoms with Crippen LogP contribution in [0.2, 0.25) is 0 Å². The smallest absolute Gasteiger partial charge is 0.202 e. The molecule has 2 aromatic rings. The van der Waals surface area contributed by atoms with E-state index in [2.05, 4.69) is 0 Å². The van der Waals surface area contributed by atoms with Gasteiger partial charge < -0.3 is 9.30 Å². The zero-order valence-electron chi connectivity index (χ0n) is 10.9. The highest BCUT2D eigenvalue weighted by atomic mass is 16.5. The number of hydrogen-bond acceptors (Lipinski definition) is 2. The maximum Gasteiger partial charge on any atom is 0.202 e. The van der Waals surface area contributed by atoms with Gasteiger partial charge >= 0.3 is 0 Å². The highest BCUT2D eigenvalue weighted by Gasteiger charge is 2.14. The zero-order chi connectivity index (χ0) is 13.1. The van der Waals surface area contributed by atoms with Crippen molar-refractivity contribution < 1.29 is 9.53 Å². The molecule has 0 saturated carbocycles. The van der Waals surface area contributed by atoms with E-state index in [0.29, 0.717) is 0 Å². The molecule has 1 aromatic carbocycles. The Morgan fingerprint density at radius 2 is 1.89 bits per heavy atom. The minimum Gasteiger partial charge on any atom is -0.485 e. The first-order valence-corrected chi connectivity index (χ1v) is 5.93. The lowest BCUT2D eigenvalue weighted by molar-refractivity contribution is 0.0921. The van der Waals surface area contributed by atoms with E-state index in [1.54, 1.807) is 0 Å². The van der Waals surface area contributed by atoms with Gasteiger partial charge in [-0.3, -0.25) is 4.79 Å². The normalized spacial score (nSPS) is 10.4. The molecule has 0 fully saturated rings. The third kappa shape index (κ3) is 2.45. The van der Waals surface area contributed by atoms with Gasteiger partial charge in [-0.1, -0.05) is 18.2 Å². The van der Waals surface area contributed by atoms with Crippen LogP contribution in [0.4, 0.5) is 0 Å². The molecule has 1 aromatic heterocycles. The minimum absolute atomic E-state index is 0.0139. The maximum atomic E-state index is 12.1. The van der Waals surface area contributed by atoms with Gasteiger partial charge in [-0.25, -0.2) is 0 Å². The number of para-hydroxylation sites is 1. The lowest BCUT2D eigenvalue weighted by Crippen LogP contribution is -2.12. The van der Waals surface area contributed by atoms with Crippen LogP contribution in [0.15, 0.2) is 36.4 Å². The second kappa shape index (κ2) is 5.08. The minimum atomic E-state index is 0.0139. The van der Waals surface area contributed by atoms with Crippen LogP contribution in [0, 0.1) is 13.8 Å². The third-order valence-corrected chi connectivity index (χ3v) is 3.19. The zero-order valence-corrected chi connectivity index (χ0v) is 10.9. The molecule has 18 heavy (non-hydrogen) atoms. The van der Waals surface area contributed by atoms with Crippen LogP contribution in [0.25, 0.3) is 0 Å². The van der Waals surface area contributed by atoms with Crippen molar-refractivity contribution in [1.82, 2.24) is 4.57 Å². The van der Waals surface area contributed by atoms with E-state index in [1.807, 2.05) is 61.9 Å². The lowest BCUT2D eigenvalue weighted by Gasteiger charge is -2.05. The summed E-state index contributed by atoms with van der Waals surface area (Å²) in [6.07, 6.45) is 0. The average Bonchev–Trinajstić information content (AvgIpc) is 2.65. The van der Waals surface area contributed by atoms with E-state index in [1.165, 1.54) is 0 Å². The van der Waals surface area contributed by atoms with E-state index in [0.717, 1.165) is 22.7 Å². The van der Waals surface area contributed by atoms with Crippen LogP contribution in [0.5, 0.6) is 5.75 Å². The maximum absolute atomic E-state index is 12.1. The van der Waals surface area contributed by atoms with Crippen LogP contribution < -0.4 is 4.74 Å². The lowest BCUT2D eigenvalue weighted by atomic mass is 10.1. The molecule has 94 valence electrons. The molecule has 3 nitrogen and oxygen atoms in total. The van der Waals surface area contributed by atoms with Crippen LogP contribution in [-0.4, -0.2) is 17.0 Å². The molecule has 0 aliphatic rings. The van der Waals surface area contributed by atoms with Crippen molar-refractivity contribution in [2.75, 3.05) is 6.61 Å². The summed E-state index contributed by atoms with van der Waals surface area (Å²) >= 11 is 0. The summed E-state index contributed by atoms with van der Waals surface area (Å²) in [7, 11) is 1.96. The average molecular weight is 243 g/mol. The first kappa shape index (κ1) is 12.4. The Bertz CT molecular complexity index is 555. The van der Waals surface area contributed by atoms with Crippen LogP contribution in [-0.2, 0) is 7.05 Å². The van der Waals surface area contributed by atoms with Crippen molar-refractivity contribution in [3.05, 3.63) is 53.3 Å². The Morgan fingerprint density at radius 3 is 2.44 bits per heavy atom. The highest BCUT2D eigenvalue weighted by Crippen LogP contribution is 2.15. The van der Waals surface area contributed by atoms with E-state index >= 15 is 0 Å². The van der Waals surface area contributed by atoms with Gasteiger partial charge in [-0.15, -0.1) is 0 Å². The summed E-state index contributed by atoms with van der Waals surface area (Å²) in [4.78, 5) is 12.1. The van der Waals surface area contributed by atoms with Crippen molar-refractivity contribution in [3.8, 4) is 5.75 Å². The molecule has 0 atom stereocenters. The molecular weight excluding hydrogens is 226 g/mol. The Hall–Kier alpha value is -2.03. The second-order valence-corrected chi connectivity index (χ2v) is 4.37. The Morgan fingerprint density at radius 1 is 1.22 bits per heavy atom. The van der Waals surface area contributed by atoms with Gasteiger partial charge in [0.05, 0.1) is 0 Å². The molecular formula is C15H17NO2. The fraction of sp³-hybridized carbons (Fsp3) is 0.267. The van der Waals surface area contributed by atoms with E-state index in [9.17, 15) is 4.79 Å². The Labute approximate surface area is 107 Å². The highest BCUT2D eigenvalue weighted by molar-refractivity contribution is 5.98. The Kier molecular flexibility index (Phi) is 3.51. The van der Waals surface area contributed by atoms with Crippen molar-refractivity contribution in [1.29, 1.82) is 0 Å². The van der Waals surface area contributed by atoms with Crippen molar-refractivity contribution in [2.45, 2.75) is 13.8 Å². The summed E-state index contributed by atoms with van der Waals surface area (Å²) < 4.78 is 7.48. The number of benzene rings is 1. The summed E-state index contributed by atoms with van der Waals surface area (Å²) in [5, 5.41) is 0. The molecule has 2 rings (SSSR count). The molecule has 3 heteroatoms. The van der Waals surface area contributed by atoms with E-state index in [4.69, 9.17) is 4.74 Å². The molecule has 0 aliphatic carbocycles. The molecule has 1 heterocycles. The van der Waals surface area contributed by atoms with Gasteiger partial charge in [-0.05, 0) is 32.0 Å². The predicted molar refractivity (Wildman–Crippen MR) is 71.2 cm³/mol. The molecule has 0 radical (unpaired) electrons. The quantitative estimate of drug-likeness (QED) is 0.773. The van der Waals surface area contributed by atoms with E-state index < -0.39 is 0 Å². The van der Waals surface area contributed by atoms with Gasteiger partial charge in [0.25, 0.3) is 0 Å². The monoisotopic (exact) mass is 243 g/mol. The first-order valence-electron chi connectivity index (χ1n) is 5.93. The second-order valence-electron chi connectivity index (χ2n) is 4.37. The van der Waals surface area contributed by atoms with Crippen molar-refractivity contribution in [3.63, 3.8) is 0 Å². The molecule has 0 saturated heterocycles. The number of aromatic nitrogens is 1. The number of carbonyl (C=O) groups is 1. The van der Waals surface area contributed by atoms with Gasteiger partial charge in [-0.2, -0.15) is 0 Å². The molecule has 0 spiro atoms. The van der Waals surface area contributed by atoms with Crippen molar-refractivity contribution in [2.24, 2.45) is 7.05 Å². The van der Waals surface area contributed by atoms with E-state index in [-0.39, 0.29) is 12.4 Å². The molecule has 0 bridgehead atoms. The van der Waals surface area contributed by atoms with Gasteiger partial charge in [0.2, 0.25) is 5.78 Å². The standard InChI is InChI=1S/C15H17NO2/c1-11-9-14(12(2)16(11)3)15(17)10-18-13-7-5-4-6-8-13/h4-9H,10H2,1-3H3. The van der Waals surface area contributed by atoms with Gasteiger partial charge in [0, 0.05) is 24.0 Å². The Balaban J connectivity index is 2.06. The molecule has 0 aliphatic heterocycles. The first-order chi connectivity index (χ1) is 8.59. The van der Waals surface area contributed by atoms with Crippen LogP contribution in [0.3, 0.4) is 0 Å². The summed E-state index contributed by atoms with van der Waals surface area (Å²) in [5.41, 5.74) is 2.80. The SMILES string of the molecule is Cc1cc(C(=O)COc2ccccc2)c(C)n1C. The number of aryl methyl sites for hydroxylation is 1. The number of carbonyl (C=O) groups excluding carboxylic acids is 1. The van der Waals surface area contributed by atoms with Crippen molar-refractivity contribution >= 4 is 5.78 Å². The number of nitrogens with zero attached hydrogens (tertiary/aromatic N) is 1. The third-order valence-electron chi connectivity index (χ3n) is 3.19. The molecule has 0 unspecified atom stereocenters. The topological polar surface area (TPSA) is 31.2 Å². The van der Waals surface area contributed by atoms with Crippen LogP contribution in [0.1, 0.15) is 21.7 Å². The molecule has 0 amide bonds. The number of rotatable bonds is 4. The largest absolute Gasteiger partial charge is 0.485 e. The van der Waals surface area contributed by atoms with Gasteiger partial charge in [0.15, 0.2) is 6.61 Å². The van der Waals surface area contributed by atoms with Gasteiger partial charge in [0.1, 0.15) is 5.75 Å². The summed E-state index contributed by atoms with van der Waals surface area (Å²) in [6.45, 7) is 4.01.